The standard InChI is InChI=1S/C10H9Br2N3/c11-7-3-1-6(2-4-7)9(13)10-14-5-8(12)15-10/h1-5,9H,13H2,(H,14,15). The van der Waals surface area contributed by atoms with Gasteiger partial charge in [-0.25, -0.2) is 4.98 Å². The first kappa shape index (κ1) is 10.9. The molecular weight excluding hydrogens is 322 g/mol. The molecule has 2 rings (SSSR count). The Bertz CT molecular complexity index is 450. The Hall–Kier alpha value is -0.650. The molecule has 0 radical (unpaired) electrons. The fourth-order valence-corrected chi connectivity index (χ4v) is 1.87. The summed E-state index contributed by atoms with van der Waals surface area (Å²) in [6.45, 7) is 0. The molecule has 1 heterocycles. The van der Waals surface area contributed by atoms with Crippen LogP contribution in [-0.4, -0.2) is 9.97 Å². The van der Waals surface area contributed by atoms with Crippen molar-refractivity contribution < 1.29 is 0 Å². The fraction of sp³-hybridized carbons (Fsp3) is 0.100. The highest BCUT2D eigenvalue weighted by molar-refractivity contribution is 9.10. The molecule has 0 spiro atoms. The summed E-state index contributed by atoms with van der Waals surface area (Å²) in [4.78, 5) is 7.23. The molecule has 1 unspecified atom stereocenters. The maximum atomic E-state index is 6.05. The summed E-state index contributed by atoms with van der Waals surface area (Å²) in [5.41, 5.74) is 7.08. The summed E-state index contributed by atoms with van der Waals surface area (Å²) >= 11 is 6.69. The summed E-state index contributed by atoms with van der Waals surface area (Å²) in [5, 5.41) is 0. The van der Waals surface area contributed by atoms with E-state index < -0.39 is 0 Å². The van der Waals surface area contributed by atoms with Gasteiger partial charge in [0.1, 0.15) is 10.4 Å². The zero-order valence-electron chi connectivity index (χ0n) is 7.74. The zero-order chi connectivity index (χ0) is 10.8. The molecule has 3 N–H and O–H groups in total. The van der Waals surface area contributed by atoms with Gasteiger partial charge in [-0.2, -0.15) is 0 Å². The van der Waals surface area contributed by atoms with Crippen molar-refractivity contribution in [3.63, 3.8) is 0 Å². The molecule has 1 aromatic carbocycles. The van der Waals surface area contributed by atoms with Crippen molar-refractivity contribution in [2.24, 2.45) is 5.73 Å². The molecule has 0 fully saturated rings. The molecule has 0 saturated heterocycles. The molecule has 15 heavy (non-hydrogen) atoms. The first-order valence-electron chi connectivity index (χ1n) is 4.38. The van der Waals surface area contributed by atoms with Crippen molar-refractivity contribution in [1.82, 2.24) is 9.97 Å². The van der Waals surface area contributed by atoms with Crippen molar-refractivity contribution in [3.8, 4) is 0 Å². The van der Waals surface area contributed by atoms with Crippen LogP contribution in [0, 0.1) is 0 Å². The second-order valence-corrected chi connectivity index (χ2v) is 4.92. The molecule has 0 amide bonds. The van der Waals surface area contributed by atoms with E-state index in [0.29, 0.717) is 0 Å². The first-order chi connectivity index (χ1) is 7.16. The summed E-state index contributed by atoms with van der Waals surface area (Å²) in [6, 6.07) is 7.67. The Balaban J connectivity index is 2.28. The number of rotatable bonds is 2. The van der Waals surface area contributed by atoms with E-state index in [1.54, 1.807) is 6.20 Å². The summed E-state index contributed by atoms with van der Waals surface area (Å²) in [7, 11) is 0. The SMILES string of the molecule is NC(c1ccc(Br)cc1)c1ncc(Br)[nH]1. The van der Waals surface area contributed by atoms with E-state index in [0.717, 1.165) is 20.5 Å². The second kappa shape index (κ2) is 4.47. The van der Waals surface area contributed by atoms with Crippen molar-refractivity contribution in [1.29, 1.82) is 0 Å². The van der Waals surface area contributed by atoms with Crippen LogP contribution in [0.3, 0.4) is 0 Å². The summed E-state index contributed by atoms with van der Waals surface area (Å²) < 4.78 is 1.88. The number of hydrogen-bond donors (Lipinski definition) is 2. The van der Waals surface area contributed by atoms with Crippen LogP contribution in [0.25, 0.3) is 0 Å². The van der Waals surface area contributed by atoms with E-state index >= 15 is 0 Å². The molecule has 1 atom stereocenters. The van der Waals surface area contributed by atoms with Crippen LogP contribution in [0.15, 0.2) is 39.5 Å². The van der Waals surface area contributed by atoms with Gasteiger partial charge in [0.25, 0.3) is 0 Å². The number of halogens is 2. The van der Waals surface area contributed by atoms with E-state index in [9.17, 15) is 0 Å². The largest absolute Gasteiger partial charge is 0.335 e. The van der Waals surface area contributed by atoms with E-state index in [2.05, 4.69) is 41.8 Å². The van der Waals surface area contributed by atoms with E-state index in [1.165, 1.54) is 0 Å². The Morgan fingerprint density at radius 2 is 1.87 bits per heavy atom. The lowest BCUT2D eigenvalue weighted by atomic mass is 10.1. The van der Waals surface area contributed by atoms with Crippen LogP contribution < -0.4 is 5.73 Å². The second-order valence-electron chi connectivity index (χ2n) is 3.15. The van der Waals surface area contributed by atoms with Crippen molar-refractivity contribution >= 4 is 31.9 Å². The molecule has 0 bridgehead atoms. The molecule has 0 aliphatic heterocycles. The number of hydrogen-bond acceptors (Lipinski definition) is 2. The highest BCUT2D eigenvalue weighted by Crippen LogP contribution is 2.20. The molecule has 78 valence electrons. The lowest BCUT2D eigenvalue weighted by Crippen LogP contribution is -2.13. The van der Waals surface area contributed by atoms with Gasteiger partial charge in [-0.05, 0) is 33.6 Å². The molecule has 2 aromatic rings. The maximum Gasteiger partial charge on any atom is 0.128 e. The van der Waals surface area contributed by atoms with Gasteiger partial charge < -0.3 is 10.7 Å². The molecule has 0 aliphatic carbocycles. The maximum absolute atomic E-state index is 6.05. The average molecular weight is 331 g/mol. The van der Waals surface area contributed by atoms with Crippen molar-refractivity contribution in [2.75, 3.05) is 0 Å². The van der Waals surface area contributed by atoms with Gasteiger partial charge in [0.05, 0.1) is 12.2 Å². The lowest BCUT2D eigenvalue weighted by molar-refractivity contribution is 0.799. The monoisotopic (exact) mass is 329 g/mol. The minimum absolute atomic E-state index is 0.218. The van der Waals surface area contributed by atoms with Gasteiger partial charge in [-0.15, -0.1) is 0 Å². The predicted molar refractivity (Wildman–Crippen MR) is 66.5 cm³/mol. The molecule has 5 heteroatoms. The molecular formula is C10H9Br2N3. The number of H-pyrrole nitrogens is 1. The van der Waals surface area contributed by atoms with Crippen LogP contribution in [0.1, 0.15) is 17.4 Å². The minimum atomic E-state index is -0.218. The van der Waals surface area contributed by atoms with Crippen LogP contribution in [0.2, 0.25) is 0 Å². The van der Waals surface area contributed by atoms with Crippen molar-refractivity contribution in [3.05, 3.63) is 50.9 Å². The number of aromatic amines is 1. The van der Waals surface area contributed by atoms with E-state index in [-0.39, 0.29) is 6.04 Å². The van der Waals surface area contributed by atoms with Crippen LogP contribution in [0.4, 0.5) is 0 Å². The van der Waals surface area contributed by atoms with Gasteiger partial charge in [0.15, 0.2) is 0 Å². The molecule has 1 aromatic heterocycles. The third-order valence-electron chi connectivity index (χ3n) is 2.09. The number of nitrogens with two attached hydrogens (primary N) is 1. The predicted octanol–water partition coefficient (Wildman–Crippen LogP) is 2.98. The number of aromatic nitrogens is 2. The fourth-order valence-electron chi connectivity index (χ4n) is 1.30. The topological polar surface area (TPSA) is 54.7 Å². The minimum Gasteiger partial charge on any atom is -0.335 e. The summed E-state index contributed by atoms with van der Waals surface area (Å²) in [5.74, 6) is 0.754. The number of benzene rings is 1. The first-order valence-corrected chi connectivity index (χ1v) is 5.97. The Labute approximate surface area is 104 Å². The normalized spacial score (nSPS) is 12.7. The summed E-state index contributed by atoms with van der Waals surface area (Å²) in [6.07, 6.45) is 1.70. The quantitative estimate of drug-likeness (QED) is 0.889. The molecule has 0 saturated carbocycles. The van der Waals surface area contributed by atoms with Gasteiger partial charge >= 0.3 is 0 Å². The number of nitrogens with one attached hydrogen (secondary N) is 1. The molecule has 0 aliphatic rings. The number of imidazole rings is 1. The van der Waals surface area contributed by atoms with Gasteiger partial charge in [0, 0.05) is 4.47 Å². The Kier molecular flexibility index (Phi) is 3.23. The highest BCUT2D eigenvalue weighted by Gasteiger charge is 2.11. The average Bonchev–Trinajstić information content (AvgIpc) is 2.65. The van der Waals surface area contributed by atoms with Crippen LogP contribution in [-0.2, 0) is 0 Å². The third-order valence-corrected chi connectivity index (χ3v) is 3.02. The highest BCUT2D eigenvalue weighted by atomic mass is 79.9. The zero-order valence-corrected chi connectivity index (χ0v) is 10.9. The van der Waals surface area contributed by atoms with E-state index in [1.807, 2.05) is 24.3 Å². The molecule has 3 nitrogen and oxygen atoms in total. The van der Waals surface area contributed by atoms with Gasteiger partial charge in [0.2, 0.25) is 0 Å². The van der Waals surface area contributed by atoms with Gasteiger partial charge in [-0.1, -0.05) is 28.1 Å². The van der Waals surface area contributed by atoms with Gasteiger partial charge in [-0.3, -0.25) is 0 Å². The Morgan fingerprint density at radius 3 is 2.40 bits per heavy atom. The van der Waals surface area contributed by atoms with Crippen LogP contribution in [0.5, 0.6) is 0 Å². The Morgan fingerprint density at radius 1 is 1.20 bits per heavy atom. The van der Waals surface area contributed by atoms with Crippen molar-refractivity contribution in [2.45, 2.75) is 6.04 Å². The number of nitrogens with zero attached hydrogens (tertiary/aromatic N) is 1. The van der Waals surface area contributed by atoms with E-state index in [4.69, 9.17) is 5.73 Å². The lowest BCUT2D eigenvalue weighted by Gasteiger charge is -2.08. The smallest absolute Gasteiger partial charge is 0.128 e. The third kappa shape index (κ3) is 2.48. The van der Waals surface area contributed by atoms with Crippen LogP contribution >= 0.6 is 31.9 Å².